The summed E-state index contributed by atoms with van der Waals surface area (Å²) in [6, 6.07) is 7.70. The Morgan fingerprint density at radius 3 is 2.57 bits per heavy atom. The Labute approximate surface area is 309 Å². The molecule has 2 N–H and O–H groups in total. The quantitative estimate of drug-likeness (QED) is 0.0942. The molecule has 4 aliphatic rings. The fourth-order valence-electron chi connectivity index (χ4n) is 8.14. The number of unbranched alkanes of at least 4 members (excludes halogenated alkanes) is 2. The first kappa shape index (κ1) is 39.1. The second kappa shape index (κ2) is 18.1. The van der Waals surface area contributed by atoms with Crippen LogP contribution in [0.15, 0.2) is 55.6 Å². The number of morpholine rings is 1. The van der Waals surface area contributed by atoms with Gasteiger partial charge >= 0.3 is 5.97 Å². The Kier molecular flexibility index (Phi) is 13.9. The van der Waals surface area contributed by atoms with E-state index in [2.05, 4.69) is 39.3 Å². The van der Waals surface area contributed by atoms with Gasteiger partial charge in [0.2, 0.25) is 17.7 Å². The highest BCUT2D eigenvalue weighted by atomic mass is 79.9. The predicted molar refractivity (Wildman–Crippen MR) is 195 cm³/mol. The van der Waals surface area contributed by atoms with Gasteiger partial charge in [0.1, 0.15) is 17.7 Å². The van der Waals surface area contributed by atoms with Crippen molar-refractivity contribution in [3.8, 4) is 0 Å². The lowest BCUT2D eigenvalue weighted by Gasteiger charge is -2.38. The van der Waals surface area contributed by atoms with Crippen LogP contribution in [0.4, 0.5) is 0 Å². The highest BCUT2D eigenvalue weighted by Gasteiger charge is 2.77. The van der Waals surface area contributed by atoms with Crippen molar-refractivity contribution >= 4 is 39.6 Å². The number of alkyl halides is 1. The van der Waals surface area contributed by atoms with E-state index in [0.717, 1.165) is 13.1 Å². The third-order valence-corrected chi connectivity index (χ3v) is 11.4. The zero-order chi connectivity index (χ0) is 36.5. The molecule has 0 saturated carbocycles. The molecule has 4 heterocycles. The van der Waals surface area contributed by atoms with E-state index in [4.69, 9.17) is 14.2 Å². The lowest BCUT2D eigenvalue weighted by Crippen LogP contribution is -2.57. The number of hydrogen-bond donors (Lipinski definition) is 2. The molecule has 4 saturated heterocycles. The van der Waals surface area contributed by atoms with E-state index in [1.807, 2.05) is 30.3 Å². The average molecular weight is 774 g/mol. The molecule has 1 spiro atoms. The number of benzene rings is 1. The van der Waals surface area contributed by atoms with Crippen LogP contribution in [0.1, 0.15) is 57.1 Å². The number of allylic oxidation sites excluding steroid dienone is 1. The molecule has 4 fully saturated rings. The van der Waals surface area contributed by atoms with Gasteiger partial charge in [-0.15, -0.1) is 13.2 Å². The average Bonchev–Trinajstić information content (AvgIpc) is 3.73. The number of aliphatic hydroxyl groups excluding tert-OH is 1. The number of halogens is 1. The molecule has 12 nitrogen and oxygen atoms in total. The van der Waals surface area contributed by atoms with Crippen LogP contribution in [-0.2, 0) is 33.4 Å². The van der Waals surface area contributed by atoms with E-state index >= 15 is 0 Å². The van der Waals surface area contributed by atoms with Crippen molar-refractivity contribution in [3.63, 3.8) is 0 Å². The molecular formula is C38H53BrN4O8. The minimum absolute atomic E-state index is 0.0389. The van der Waals surface area contributed by atoms with Crippen molar-refractivity contribution in [2.75, 3.05) is 59.1 Å². The molecule has 280 valence electrons. The Hall–Kier alpha value is -3.10. The first-order chi connectivity index (χ1) is 24.7. The number of aliphatic hydroxyl groups is 1. The van der Waals surface area contributed by atoms with Crippen LogP contribution in [0.2, 0.25) is 0 Å². The molecule has 0 radical (unpaired) electrons. The molecule has 0 aromatic heterocycles. The lowest BCUT2D eigenvalue weighted by atomic mass is 9.70. The van der Waals surface area contributed by atoms with Crippen molar-refractivity contribution in [3.05, 3.63) is 61.2 Å². The maximum absolute atomic E-state index is 14.7. The van der Waals surface area contributed by atoms with Gasteiger partial charge in [0.15, 0.2) is 0 Å². The summed E-state index contributed by atoms with van der Waals surface area (Å²) >= 11 is 3.76. The van der Waals surface area contributed by atoms with Crippen molar-refractivity contribution in [2.45, 2.75) is 80.2 Å². The van der Waals surface area contributed by atoms with Gasteiger partial charge in [-0.2, -0.15) is 0 Å². The van der Waals surface area contributed by atoms with Crippen molar-refractivity contribution in [1.82, 2.24) is 20.0 Å². The van der Waals surface area contributed by atoms with E-state index in [-0.39, 0.29) is 35.6 Å². The molecule has 13 heteroatoms. The second-order valence-electron chi connectivity index (χ2n) is 14.0. The summed E-state index contributed by atoms with van der Waals surface area (Å²) in [5.74, 6) is -3.21. The number of fused-ring (bicyclic) bond motifs is 1. The minimum Gasteiger partial charge on any atom is -0.455 e. The predicted octanol–water partition coefficient (Wildman–Crippen LogP) is 3.00. The number of nitrogens with one attached hydrogen (secondary N) is 1. The fourth-order valence-corrected chi connectivity index (χ4v) is 9.08. The smallest absolute Gasteiger partial charge is 0.313 e. The Morgan fingerprint density at radius 1 is 1.14 bits per heavy atom. The molecule has 1 unspecified atom stereocenters. The molecule has 0 aliphatic carbocycles. The normalized spacial score (nSPS) is 28.2. The van der Waals surface area contributed by atoms with Crippen molar-refractivity contribution in [1.29, 1.82) is 0 Å². The number of rotatable bonds is 19. The second-order valence-corrected chi connectivity index (χ2v) is 15.1. The van der Waals surface area contributed by atoms with E-state index in [9.17, 15) is 24.3 Å². The summed E-state index contributed by atoms with van der Waals surface area (Å²) in [6.07, 6.45) is 4.84. The highest BCUT2D eigenvalue weighted by molar-refractivity contribution is 9.09. The fraction of sp³-hybridized carbons (Fsp3) is 0.632. The maximum atomic E-state index is 14.7. The standard InChI is InChI=1S/C38H53BrN4O8/c1-4-6-15-29(45)40-26(3)32(27-13-9-7-10-14-27)50-37(48)30-31-35(46)43(17-11-8-12-22-44)34(38(31)25-28(39)33(30)51-38)36(47)42(16-5-2)19-18-41-20-23-49-24-21-41/h4-5,7,9-10,13-14,26,28,30-34,44H,1-2,6,8,11-12,15-25H2,3H3,(H,40,45)/t26-,28?,30-,31+,32-,33-,34-,38+/m0/s1. The van der Waals surface area contributed by atoms with E-state index in [1.54, 1.807) is 28.9 Å². The number of hydrogen-bond acceptors (Lipinski definition) is 9. The molecule has 1 aromatic rings. The third kappa shape index (κ3) is 8.59. The molecule has 3 amide bonds. The van der Waals surface area contributed by atoms with E-state index in [0.29, 0.717) is 77.1 Å². The van der Waals surface area contributed by atoms with Gasteiger partial charge in [-0.05, 0) is 44.6 Å². The van der Waals surface area contributed by atoms with E-state index in [1.165, 1.54) is 0 Å². The lowest BCUT2D eigenvalue weighted by molar-refractivity contribution is -0.162. The van der Waals surface area contributed by atoms with Crippen LogP contribution in [0.25, 0.3) is 0 Å². The van der Waals surface area contributed by atoms with Gasteiger partial charge in [-0.1, -0.05) is 58.4 Å². The zero-order valence-electron chi connectivity index (χ0n) is 29.6. The Balaban J connectivity index is 1.43. The van der Waals surface area contributed by atoms with Gasteiger partial charge in [-0.3, -0.25) is 24.1 Å². The monoisotopic (exact) mass is 772 g/mol. The summed E-state index contributed by atoms with van der Waals surface area (Å²) < 4.78 is 18.5. The Morgan fingerprint density at radius 2 is 1.88 bits per heavy atom. The van der Waals surface area contributed by atoms with Gasteiger partial charge in [0.25, 0.3) is 0 Å². The maximum Gasteiger partial charge on any atom is 0.313 e. The topological polar surface area (TPSA) is 138 Å². The highest BCUT2D eigenvalue weighted by Crippen LogP contribution is 2.60. The van der Waals surface area contributed by atoms with Crippen LogP contribution in [0.3, 0.4) is 0 Å². The Bertz CT molecular complexity index is 1390. The molecule has 4 aliphatic heterocycles. The van der Waals surface area contributed by atoms with Gasteiger partial charge in [-0.25, -0.2) is 0 Å². The van der Waals surface area contributed by atoms with Crippen LogP contribution < -0.4 is 5.32 Å². The molecule has 5 rings (SSSR count). The number of carbonyl (C=O) groups is 4. The SMILES string of the molecule is C=CCCC(=O)N[C@@H](C)[C@H](OC(=O)[C@@H]1[C@H]2O[C@@]3(CC2Br)[C@H](C(=O)N(CC=C)CCN2CCOCC2)N(CCCCCO)C(=O)[C@@H]13)c1ccccc1. The molecule has 2 bridgehead atoms. The van der Waals surface area contributed by atoms with Crippen LogP contribution in [0.5, 0.6) is 0 Å². The summed E-state index contributed by atoms with van der Waals surface area (Å²) in [5.41, 5.74) is -0.535. The number of carbonyl (C=O) groups excluding carboxylic acids is 4. The molecule has 8 atom stereocenters. The summed E-state index contributed by atoms with van der Waals surface area (Å²) in [6.45, 7) is 14.0. The van der Waals surface area contributed by atoms with Crippen molar-refractivity contribution in [2.24, 2.45) is 11.8 Å². The molecular weight excluding hydrogens is 720 g/mol. The van der Waals surface area contributed by atoms with E-state index < -0.39 is 47.7 Å². The minimum atomic E-state index is -1.24. The first-order valence-corrected chi connectivity index (χ1v) is 19.2. The zero-order valence-corrected chi connectivity index (χ0v) is 31.2. The van der Waals surface area contributed by atoms with Crippen LogP contribution >= 0.6 is 15.9 Å². The number of esters is 1. The number of ether oxygens (including phenoxy) is 3. The van der Waals surface area contributed by atoms with Crippen molar-refractivity contribution < 1.29 is 38.5 Å². The van der Waals surface area contributed by atoms with Crippen LogP contribution in [-0.4, -0.2) is 131 Å². The summed E-state index contributed by atoms with van der Waals surface area (Å²) in [5, 5.41) is 12.4. The number of likely N-dealkylation sites (tertiary alicyclic amines) is 1. The number of amides is 3. The van der Waals surface area contributed by atoms with Gasteiger partial charge in [0, 0.05) is 57.1 Å². The number of nitrogens with zero attached hydrogens (tertiary/aromatic N) is 3. The third-order valence-electron chi connectivity index (χ3n) is 10.6. The van der Waals surface area contributed by atoms with Crippen LogP contribution in [0, 0.1) is 11.8 Å². The van der Waals surface area contributed by atoms with Gasteiger partial charge < -0.3 is 34.4 Å². The molecule has 1 aromatic carbocycles. The molecule has 51 heavy (non-hydrogen) atoms. The summed E-state index contributed by atoms with van der Waals surface area (Å²) in [7, 11) is 0. The largest absolute Gasteiger partial charge is 0.455 e. The first-order valence-electron chi connectivity index (χ1n) is 18.3. The summed E-state index contributed by atoms with van der Waals surface area (Å²) in [4.78, 5) is 61.8. The van der Waals surface area contributed by atoms with Gasteiger partial charge in [0.05, 0.1) is 37.2 Å².